The molecule has 0 spiro atoms. The molecule has 140 valence electrons. The number of carbonyl (C=O) groups excluding carboxylic acids is 1. The van der Waals surface area contributed by atoms with Crippen LogP contribution in [0.2, 0.25) is 0 Å². The average molecular weight is 384 g/mol. The van der Waals surface area contributed by atoms with E-state index in [2.05, 4.69) is 21.6 Å². The highest BCUT2D eigenvalue weighted by Gasteiger charge is 2.17. The maximum Gasteiger partial charge on any atom is 0.214 e. The first-order chi connectivity index (χ1) is 13.0. The zero-order chi connectivity index (χ0) is 19.4. The minimum Gasteiger partial charge on any atom is -0.497 e. The quantitative estimate of drug-likeness (QED) is 0.457. The van der Waals surface area contributed by atoms with Gasteiger partial charge in [0.15, 0.2) is 5.78 Å². The molecule has 0 aliphatic carbocycles. The number of thioether (sulfide) groups is 1. The third-order valence-electron chi connectivity index (χ3n) is 4.06. The van der Waals surface area contributed by atoms with E-state index in [1.807, 2.05) is 26.0 Å². The van der Waals surface area contributed by atoms with Gasteiger partial charge in [0.25, 0.3) is 0 Å². The van der Waals surface area contributed by atoms with Crippen LogP contribution in [0, 0.1) is 13.8 Å². The molecule has 0 bridgehead atoms. The third-order valence-corrected chi connectivity index (χ3v) is 4.98. The molecule has 1 heterocycles. The Hall–Kier alpha value is -2.87. The van der Waals surface area contributed by atoms with Crippen LogP contribution in [0.5, 0.6) is 11.5 Å². The SMILES string of the molecule is COc1ccc(C(=O)CSc2nnnn2-c2ccc(C)cc2C)c(OC)c1. The highest BCUT2D eigenvalue weighted by molar-refractivity contribution is 7.99. The standard InChI is InChI=1S/C19H20N4O3S/c1-12-5-8-16(13(2)9-12)23-19(20-21-22-23)27-11-17(24)15-7-6-14(25-3)10-18(15)26-4/h5-10H,11H2,1-4H3. The number of hydrogen-bond acceptors (Lipinski definition) is 7. The highest BCUT2D eigenvalue weighted by atomic mass is 32.2. The Labute approximate surface area is 161 Å². The second kappa shape index (κ2) is 8.22. The van der Waals surface area contributed by atoms with Crippen molar-refractivity contribution in [3.8, 4) is 17.2 Å². The lowest BCUT2D eigenvalue weighted by atomic mass is 10.1. The van der Waals surface area contributed by atoms with Gasteiger partial charge in [-0.3, -0.25) is 4.79 Å². The molecule has 7 nitrogen and oxygen atoms in total. The van der Waals surface area contributed by atoms with Crippen molar-refractivity contribution in [2.75, 3.05) is 20.0 Å². The molecular formula is C19H20N4O3S. The van der Waals surface area contributed by atoms with E-state index in [-0.39, 0.29) is 11.5 Å². The van der Waals surface area contributed by atoms with Crippen LogP contribution in [0.1, 0.15) is 21.5 Å². The van der Waals surface area contributed by atoms with Crippen molar-refractivity contribution in [2.24, 2.45) is 0 Å². The molecule has 1 aromatic heterocycles. The summed E-state index contributed by atoms with van der Waals surface area (Å²) in [5, 5.41) is 12.4. The second-order valence-electron chi connectivity index (χ2n) is 5.94. The highest BCUT2D eigenvalue weighted by Crippen LogP contribution is 2.27. The molecule has 0 saturated heterocycles. The Bertz CT molecular complexity index is 971. The van der Waals surface area contributed by atoms with E-state index in [0.717, 1.165) is 11.3 Å². The molecule has 3 aromatic rings. The summed E-state index contributed by atoms with van der Waals surface area (Å²) < 4.78 is 12.1. The van der Waals surface area contributed by atoms with Crippen molar-refractivity contribution < 1.29 is 14.3 Å². The first-order valence-corrected chi connectivity index (χ1v) is 9.26. The summed E-state index contributed by atoms with van der Waals surface area (Å²) in [5.74, 6) is 1.23. The largest absolute Gasteiger partial charge is 0.497 e. The Balaban J connectivity index is 1.78. The summed E-state index contributed by atoms with van der Waals surface area (Å²) in [6, 6.07) is 11.2. The van der Waals surface area contributed by atoms with Gasteiger partial charge in [0.1, 0.15) is 11.5 Å². The minimum atomic E-state index is -0.0744. The summed E-state index contributed by atoms with van der Waals surface area (Å²) in [5.41, 5.74) is 3.62. The zero-order valence-electron chi connectivity index (χ0n) is 15.6. The number of aromatic nitrogens is 4. The Kier molecular flexibility index (Phi) is 5.75. The van der Waals surface area contributed by atoms with Crippen molar-refractivity contribution in [3.63, 3.8) is 0 Å². The zero-order valence-corrected chi connectivity index (χ0v) is 16.4. The normalized spacial score (nSPS) is 10.7. The molecule has 0 aliphatic heterocycles. The number of hydrogen-bond donors (Lipinski definition) is 0. The van der Waals surface area contributed by atoms with E-state index < -0.39 is 0 Å². The van der Waals surface area contributed by atoms with Crippen LogP contribution in [0.4, 0.5) is 0 Å². The summed E-state index contributed by atoms with van der Waals surface area (Å²) >= 11 is 1.28. The third kappa shape index (κ3) is 4.11. The van der Waals surface area contributed by atoms with E-state index >= 15 is 0 Å². The monoisotopic (exact) mass is 384 g/mol. The van der Waals surface area contributed by atoms with Gasteiger partial charge in [0.2, 0.25) is 5.16 Å². The number of Topliss-reactive ketones (excluding diaryl/α,β-unsaturated/α-hetero) is 1. The first-order valence-electron chi connectivity index (χ1n) is 8.27. The number of carbonyl (C=O) groups is 1. The van der Waals surface area contributed by atoms with Gasteiger partial charge in [0.05, 0.1) is 31.2 Å². The van der Waals surface area contributed by atoms with Crippen LogP contribution in [0.3, 0.4) is 0 Å². The summed E-state index contributed by atoms with van der Waals surface area (Å²) in [7, 11) is 3.10. The van der Waals surface area contributed by atoms with Gasteiger partial charge in [-0.15, -0.1) is 5.10 Å². The molecule has 0 saturated carbocycles. The van der Waals surface area contributed by atoms with Gasteiger partial charge in [-0.1, -0.05) is 29.5 Å². The number of tetrazole rings is 1. The number of rotatable bonds is 7. The molecule has 27 heavy (non-hydrogen) atoms. The predicted octanol–water partition coefficient (Wildman–Crippen LogP) is 3.27. The second-order valence-corrected chi connectivity index (χ2v) is 6.88. The Morgan fingerprint density at radius 1 is 1.11 bits per heavy atom. The van der Waals surface area contributed by atoms with Crippen molar-refractivity contribution >= 4 is 17.5 Å². The molecule has 0 N–H and O–H groups in total. The number of aryl methyl sites for hydroxylation is 2. The number of ketones is 1. The van der Waals surface area contributed by atoms with Crippen molar-refractivity contribution in [2.45, 2.75) is 19.0 Å². The molecule has 8 heteroatoms. The van der Waals surface area contributed by atoms with E-state index in [4.69, 9.17) is 9.47 Å². The molecule has 0 atom stereocenters. The van der Waals surface area contributed by atoms with Crippen LogP contribution in [0.25, 0.3) is 5.69 Å². The van der Waals surface area contributed by atoms with Gasteiger partial charge >= 0.3 is 0 Å². The summed E-state index contributed by atoms with van der Waals surface area (Å²) in [4.78, 5) is 12.7. The molecule has 0 unspecified atom stereocenters. The smallest absolute Gasteiger partial charge is 0.214 e. The number of benzene rings is 2. The van der Waals surface area contributed by atoms with Gasteiger partial charge in [-0.2, -0.15) is 4.68 Å². The number of methoxy groups -OCH3 is 2. The van der Waals surface area contributed by atoms with Crippen LogP contribution in [-0.2, 0) is 0 Å². The van der Waals surface area contributed by atoms with Gasteiger partial charge < -0.3 is 9.47 Å². The van der Waals surface area contributed by atoms with Crippen LogP contribution >= 0.6 is 11.8 Å². The minimum absolute atomic E-state index is 0.0744. The fraction of sp³-hybridized carbons (Fsp3) is 0.263. The molecular weight excluding hydrogens is 364 g/mol. The first kappa shape index (κ1) is 18.9. The van der Waals surface area contributed by atoms with E-state index in [1.54, 1.807) is 30.0 Å². The molecule has 0 aliphatic rings. The van der Waals surface area contributed by atoms with Crippen LogP contribution in [-0.4, -0.2) is 46.0 Å². The maximum atomic E-state index is 12.7. The lowest BCUT2D eigenvalue weighted by Gasteiger charge is -2.10. The molecule has 0 radical (unpaired) electrons. The van der Waals surface area contributed by atoms with Gasteiger partial charge in [-0.25, -0.2) is 0 Å². The lowest BCUT2D eigenvalue weighted by Crippen LogP contribution is -2.07. The number of nitrogens with zero attached hydrogens (tertiary/aromatic N) is 4. The fourth-order valence-corrected chi connectivity index (χ4v) is 3.47. The van der Waals surface area contributed by atoms with E-state index in [9.17, 15) is 4.79 Å². The molecule has 3 rings (SSSR count). The van der Waals surface area contributed by atoms with Gasteiger partial charge in [0, 0.05) is 6.07 Å². The molecule has 0 fully saturated rings. The van der Waals surface area contributed by atoms with Crippen LogP contribution in [0.15, 0.2) is 41.6 Å². The molecule has 2 aromatic carbocycles. The average Bonchev–Trinajstić information content (AvgIpc) is 3.13. The van der Waals surface area contributed by atoms with Crippen molar-refractivity contribution in [3.05, 3.63) is 53.1 Å². The lowest BCUT2D eigenvalue weighted by molar-refractivity contribution is 0.101. The Morgan fingerprint density at radius 3 is 2.63 bits per heavy atom. The topological polar surface area (TPSA) is 79.1 Å². The van der Waals surface area contributed by atoms with Gasteiger partial charge in [-0.05, 0) is 48.0 Å². The summed E-state index contributed by atoms with van der Waals surface area (Å²) in [6.45, 7) is 4.04. The summed E-state index contributed by atoms with van der Waals surface area (Å²) in [6.07, 6.45) is 0. The predicted molar refractivity (Wildman–Crippen MR) is 103 cm³/mol. The van der Waals surface area contributed by atoms with Crippen LogP contribution < -0.4 is 9.47 Å². The molecule has 0 amide bonds. The number of ether oxygens (including phenoxy) is 2. The Morgan fingerprint density at radius 2 is 1.93 bits per heavy atom. The van der Waals surface area contributed by atoms with E-state index in [1.165, 1.54) is 24.4 Å². The fourth-order valence-electron chi connectivity index (χ4n) is 2.70. The van der Waals surface area contributed by atoms with E-state index in [0.29, 0.717) is 22.2 Å². The van der Waals surface area contributed by atoms with Crippen molar-refractivity contribution in [1.82, 2.24) is 20.2 Å². The maximum absolute atomic E-state index is 12.7. The van der Waals surface area contributed by atoms with Crippen molar-refractivity contribution in [1.29, 1.82) is 0 Å².